The van der Waals surface area contributed by atoms with Gasteiger partial charge in [-0.2, -0.15) is 11.8 Å². The number of carbonyl (C=O) groups is 1. The van der Waals surface area contributed by atoms with E-state index >= 15 is 0 Å². The third kappa shape index (κ3) is 4.14. The van der Waals surface area contributed by atoms with Gasteiger partial charge in [0.1, 0.15) is 0 Å². The Morgan fingerprint density at radius 2 is 2.00 bits per heavy atom. The molecule has 0 saturated heterocycles. The second-order valence-electron chi connectivity index (χ2n) is 5.25. The fourth-order valence-corrected chi connectivity index (χ4v) is 3.33. The van der Waals surface area contributed by atoms with E-state index in [4.69, 9.17) is 10.9 Å². The molecule has 0 aliphatic heterocycles. The monoisotopic (exact) mass is 307 g/mol. The van der Waals surface area contributed by atoms with Crippen molar-refractivity contribution in [1.82, 2.24) is 5.32 Å². The molecule has 1 aliphatic carbocycles. The molecule has 4 N–H and O–H groups in total. The van der Waals surface area contributed by atoms with Crippen molar-refractivity contribution in [2.75, 3.05) is 6.26 Å². The van der Waals surface area contributed by atoms with Gasteiger partial charge in [0.15, 0.2) is 5.84 Å². The van der Waals surface area contributed by atoms with Gasteiger partial charge in [0.25, 0.3) is 5.91 Å². The van der Waals surface area contributed by atoms with E-state index in [9.17, 15) is 4.79 Å². The average Bonchev–Trinajstić information content (AvgIpc) is 2.55. The first kappa shape index (κ1) is 15.7. The summed E-state index contributed by atoms with van der Waals surface area (Å²) in [5.41, 5.74) is 6.62. The highest BCUT2D eigenvalue weighted by atomic mass is 32.2. The van der Waals surface area contributed by atoms with E-state index in [-0.39, 0.29) is 17.8 Å². The number of thioether (sulfide) groups is 1. The summed E-state index contributed by atoms with van der Waals surface area (Å²) in [7, 11) is 0. The average molecular weight is 307 g/mol. The fourth-order valence-electron chi connectivity index (χ4n) is 2.59. The summed E-state index contributed by atoms with van der Waals surface area (Å²) < 4.78 is 0. The predicted octanol–water partition coefficient (Wildman–Crippen LogP) is 2.19. The molecule has 1 amide bonds. The van der Waals surface area contributed by atoms with Crippen LogP contribution in [0.2, 0.25) is 0 Å². The van der Waals surface area contributed by atoms with Gasteiger partial charge in [-0.3, -0.25) is 4.79 Å². The summed E-state index contributed by atoms with van der Waals surface area (Å²) in [6.07, 6.45) is 6.49. The second kappa shape index (κ2) is 7.36. The number of amides is 1. The normalized spacial score (nSPS) is 22.8. The lowest BCUT2D eigenvalue weighted by atomic mass is 9.94. The molecule has 0 radical (unpaired) electrons. The third-order valence-corrected chi connectivity index (χ3v) is 5.01. The van der Waals surface area contributed by atoms with Gasteiger partial charge in [-0.15, -0.1) is 0 Å². The SMILES string of the molecule is CSC1CCC(NC(=O)c2cccc(/C(N)=N/O)c2)CC1. The van der Waals surface area contributed by atoms with Gasteiger partial charge in [0, 0.05) is 22.4 Å². The van der Waals surface area contributed by atoms with Crippen molar-refractivity contribution >= 4 is 23.5 Å². The molecule has 1 aromatic carbocycles. The summed E-state index contributed by atoms with van der Waals surface area (Å²) in [5.74, 6) is -0.0969. The summed E-state index contributed by atoms with van der Waals surface area (Å²) in [5, 5.41) is 15.4. The van der Waals surface area contributed by atoms with Gasteiger partial charge in [-0.25, -0.2) is 0 Å². The Labute approximate surface area is 129 Å². The lowest BCUT2D eigenvalue weighted by molar-refractivity contribution is 0.0928. The number of carbonyl (C=O) groups excluding carboxylic acids is 1. The van der Waals surface area contributed by atoms with Gasteiger partial charge < -0.3 is 16.3 Å². The van der Waals surface area contributed by atoms with Crippen molar-refractivity contribution < 1.29 is 10.0 Å². The number of amidine groups is 1. The van der Waals surface area contributed by atoms with Crippen molar-refractivity contribution in [2.45, 2.75) is 37.0 Å². The molecule has 0 unspecified atom stereocenters. The fraction of sp³-hybridized carbons (Fsp3) is 0.467. The van der Waals surface area contributed by atoms with Crippen LogP contribution in [0, 0.1) is 0 Å². The minimum absolute atomic E-state index is 0.00475. The number of oxime groups is 1. The van der Waals surface area contributed by atoms with E-state index in [0.717, 1.165) is 30.9 Å². The van der Waals surface area contributed by atoms with Crippen LogP contribution >= 0.6 is 11.8 Å². The maximum atomic E-state index is 12.3. The van der Waals surface area contributed by atoms with Crippen LogP contribution in [0.5, 0.6) is 0 Å². The number of nitrogens with zero attached hydrogens (tertiary/aromatic N) is 1. The zero-order valence-electron chi connectivity index (χ0n) is 12.1. The Morgan fingerprint density at radius 1 is 1.33 bits per heavy atom. The molecule has 1 aromatic rings. The van der Waals surface area contributed by atoms with Gasteiger partial charge in [0.2, 0.25) is 0 Å². The molecule has 1 saturated carbocycles. The molecule has 1 fully saturated rings. The van der Waals surface area contributed by atoms with Gasteiger partial charge in [0.05, 0.1) is 0 Å². The standard InChI is InChI=1S/C15H21N3O2S/c1-21-13-7-5-12(6-8-13)17-15(19)11-4-2-3-10(9-11)14(16)18-20/h2-4,9,12-13,20H,5-8H2,1H3,(H2,16,18)(H,17,19). The van der Waals surface area contributed by atoms with Crippen molar-refractivity contribution in [1.29, 1.82) is 0 Å². The Hall–Kier alpha value is -1.69. The molecule has 0 bridgehead atoms. The minimum atomic E-state index is -0.102. The number of nitrogens with one attached hydrogen (secondary N) is 1. The molecule has 0 spiro atoms. The summed E-state index contributed by atoms with van der Waals surface area (Å²) in [6.45, 7) is 0. The second-order valence-corrected chi connectivity index (χ2v) is 6.39. The molecular weight excluding hydrogens is 286 g/mol. The maximum absolute atomic E-state index is 12.3. The van der Waals surface area contributed by atoms with Crippen LogP contribution in [-0.4, -0.2) is 34.5 Å². The summed E-state index contributed by atoms with van der Waals surface area (Å²) >= 11 is 1.91. The molecule has 6 heteroatoms. The topological polar surface area (TPSA) is 87.7 Å². The third-order valence-electron chi connectivity index (χ3n) is 3.87. The van der Waals surface area contributed by atoms with Crippen molar-refractivity contribution in [3.05, 3.63) is 35.4 Å². The lowest BCUT2D eigenvalue weighted by Gasteiger charge is -2.28. The number of nitrogens with two attached hydrogens (primary N) is 1. The smallest absolute Gasteiger partial charge is 0.251 e. The van der Waals surface area contributed by atoms with E-state index in [1.807, 2.05) is 11.8 Å². The highest BCUT2D eigenvalue weighted by molar-refractivity contribution is 7.99. The van der Waals surface area contributed by atoms with Crippen LogP contribution in [0.15, 0.2) is 29.4 Å². The van der Waals surface area contributed by atoms with E-state index in [1.54, 1.807) is 24.3 Å². The Morgan fingerprint density at radius 3 is 2.62 bits per heavy atom. The lowest BCUT2D eigenvalue weighted by Crippen LogP contribution is -2.38. The molecule has 114 valence electrons. The minimum Gasteiger partial charge on any atom is -0.409 e. The molecular formula is C15H21N3O2S. The van der Waals surface area contributed by atoms with Crippen LogP contribution < -0.4 is 11.1 Å². The molecule has 5 nitrogen and oxygen atoms in total. The van der Waals surface area contributed by atoms with E-state index < -0.39 is 0 Å². The van der Waals surface area contributed by atoms with E-state index in [1.165, 1.54) is 0 Å². The predicted molar refractivity (Wildman–Crippen MR) is 86.0 cm³/mol. The largest absolute Gasteiger partial charge is 0.409 e. The summed E-state index contributed by atoms with van der Waals surface area (Å²) in [6, 6.07) is 7.05. The molecule has 0 atom stereocenters. The van der Waals surface area contributed by atoms with Crippen molar-refractivity contribution in [3.63, 3.8) is 0 Å². The van der Waals surface area contributed by atoms with Crippen LogP contribution in [-0.2, 0) is 0 Å². The quantitative estimate of drug-likeness (QED) is 0.344. The Bertz CT molecular complexity index is 525. The van der Waals surface area contributed by atoms with E-state index in [0.29, 0.717) is 11.1 Å². The van der Waals surface area contributed by atoms with Crippen molar-refractivity contribution in [2.24, 2.45) is 10.9 Å². The number of rotatable bonds is 4. The Balaban J connectivity index is 1.98. The first-order chi connectivity index (χ1) is 10.1. The number of hydrogen-bond donors (Lipinski definition) is 3. The molecule has 21 heavy (non-hydrogen) atoms. The van der Waals surface area contributed by atoms with Crippen LogP contribution in [0.4, 0.5) is 0 Å². The molecule has 2 rings (SSSR count). The van der Waals surface area contributed by atoms with Crippen LogP contribution in [0.25, 0.3) is 0 Å². The first-order valence-electron chi connectivity index (χ1n) is 7.05. The van der Waals surface area contributed by atoms with Gasteiger partial charge in [-0.1, -0.05) is 17.3 Å². The molecule has 1 aliphatic rings. The molecule has 0 heterocycles. The number of benzene rings is 1. The van der Waals surface area contributed by atoms with Crippen LogP contribution in [0.3, 0.4) is 0 Å². The first-order valence-corrected chi connectivity index (χ1v) is 8.34. The van der Waals surface area contributed by atoms with Gasteiger partial charge >= 0.3 is 0 Å². The zero-order chi connectivity index (χ0) is 15.2. The van der Waals surface area contributed by atoms with Gasteiger partial charge in [-0.05, 0) is 44.1 Å². The number of hydrogen-bond acceptors (Lipinski definition) is 4. The van der Waals surface area contributed by atoms with Crippen LogP contribution in [0.1, 0.15) is 41.6 Å². The molecule has 0 aromatic heterocycles. The zero-order valence-corrected chi connectivity index (χ0v) is 12.9. The highest BCUT2D eigenvalue weighted by Gasteiger charge is 2.22. The highest BCUT2D eigenvalue weighted by Crippen LogP contribution is 2.26. The maximum Gasteiger partial charge on any atom is 0.251 e. The van der Waals surface area contributed by atoms with Crippen molar-refractivity contribution in [3.8, 4) is 0 Å². The summed E-state index contributed by atoms with van der Waals surface area (Å²) in [4.78, 5) is 12.3. The van der Waals surface area contributed by atoms with E-state index in [2.05, 4.69) is 16.7 Å². The Kier molecular flexibility index (Phi) is 5.50.